The van der Waals surface area contributed by atoms with Gasteiger partial charge in [-0.25, -0.2) is 10.0 Å². The first kappa shape index (κ1) is 27.3. The van der Waals surface area contributed by atoms with Crippen LogP contribution in [0.15, 0.2) is 48.5 Å². The average Bonchev–Trinajstić information content (AvgIpc) is 3.45. The molecule has 10 nitrogen and oxygen atoms in total. The second-order valence-corrected chi connectivity index (χ2v) is 9.50. The minimum absolute atomic E-state index is 0.652. The molecule has 0 amide bonds. The van der Waals surface area contributed by atoms with Gasteiger partial charge in [0.25, 0.3) is 0 Å². The first-order valence-electron chi connectivity index (χ1n) is 12.2. The van der Waals surface area contributed by atoms with Crippen molar-refractivity contribution < 1.29 is 38.1 Å². The summed E-state index contributed by atoms with van der Waals surface area (Å²) in [7, 11) is 4.95. The van der Waals surface area contributed by atoms with E-state index >= 15 is 0 Å². The van der Waals surface area contributed by atoms with Crippen molar-refractivity contribution in [3.8, 4) is 0 Å². The summed E-state index contributed by atoms with van der Waals surface area (Å²) >= 11 is 0. The summed E-state index contributed by atoms with van der Waals surface area (Å²) in [5.74, 6) is -4.86. The number of nitrogens with zero attached hydrogens (tertiary/aromatic N) is 2. The lowest BCUT2D eigenvalue weighted by Gasteiger charge is -2.32. The van der Waals surface area contributed by atoms with Gasteiger partial charge in [-0.2, -0.15) is 0 Å². The smallest absolute Gasteiger partial charge is 0.325 e. The van der Waals surface area contributed by atoms with Crippen molar-refractivity contribution in [2.45, 2.75) is 38.0 Å². The van der Waals surface area contributed by atoms with E-state index in [-0.39, 0.29) is 0 Å². The molecule has 2 saturated heterocycles. The Balaban J connectivity index is 2.04. The summed E-state index contributed by atoms with van der Waals surface area (Å²) in [6, 6.07) is 10.7. The highest BCUT2D eigenvalue weighted by Gasteiger charge is 2.68. The fraction of sp³-hybridized carbons (Fsp3) is 0.429. The van der Waals surface area contributed by atoms with E-state index in [4.69, 9.17) is 18.9 Å². The van der Waals surface area contributed by atoms with Crippen LogP contribution in [0.1, 0.15) is 34.3 Å². The quantitative estimate of drug-likeness (QED) is 0.412. The maximum absolute atomic E-state index is 13.4. The zero-order valence-corrected chi connectivity index (χ0v) is 22.2. The van der Waals surface area contributed by atoms with E-state index in [1.807, 2.05) is 62.4 Å². The molecular formula is C28H32N2O8. The molecule has 0 saturated carbocycles. The monoisotopic (exact) mass is 524 g/mol. The Labute approximate surface area is 221 Å². The largest absolute Gasteiger partial charge is 0.469 e. The van der Waals surface area contributed by atoms with E-state index in [0.717, 1.165) is 11.1 Å². The van der Waals surface area contributed by atoms with Crippen LogP contribution < -0.4 is 0 Å². The Bertz CT molecular complexity index is 1120. The Hall–Kier alpha value is -3.76. The molecule has 2 aliphatic heterocycles. The normalized spacial score (nSPS) is 26.9. The lowest BCUT2D eigenvalue weighted by molar-refractivity contribution is -0.160. The molecule has 2 fully saturated rings. The third-order valence-corrected chi connectivity index (χ3v) is 7.44. The second kappa shape index (κ2) is 10.9. The third-order valence-electron chi connectivity index (χ3n) is 7.44. The van der Waals surface area contributed by atoms with E-state index < -0.39 is 59.9 Å². The lowest BCUT2D eigenvalue weighted by atomic mass is 9.82. The van der Waals surface area contributed by atoms with Crippen molar-refractivity contribution in [2.24, 2.45) is 11.8 Å². The van der Waals surface area contributed by atoms with Gasteiger partial charge in [-0.05, 0) is 25.0 Å². The van der Waals surface area contributed by atoms with Crippen LogP contribution in [0.5, 0.6) is 0 Å². The minimum atomic E-state index is -1.20. The van der Waals surface area contributed by atoms with Gasteiger partial charge >= 0.3 is 23.9 Å². The van der Waals surface area contributed by atoms with E-state index in [1.54, 1.807) is 10.0 Å². The van der Waals surface area contributed by atoms with Crippen LogP contribution in [0.25, 0.3) is 0 Å². The molecule has 2 heterocycles. The molecule has 2 aliphatic rings. The van der Waals surface area contributed by atoms with E-state index in [0.29, 0.717) is 11.1 Å². The number of carbonyl (C=O) groups is 4. The zero-order valence-electron chi connectivity index (χ0n) is 22.2. The van der Waals surface area contributed by atoms with Crippen molar-refractivity contribution in [3.05, 3.63) is 70.8 Å². The number of ether oxygens (including phenoxy) is 4. The Morgan fingerprint density at radius 3 is 1.08 bits per heavy atom. The predicted octanol–water partition coefficient (Wildman–Crippen LogP) is 2.29. The molecule has 38 heavy (non-hydrogen) atoms. The molecule has 6 atom stereocenters. The van der Waals surface area contributed by atoms with Crippen molar-refractivity contribution in [3.63, 3.8) is 0 Å². The summed E-state index contributed by atoms with van der Waals surface area (Å²) in [6.45, 7) is 3.85. The number of hydrogen-bond donors (Lipinski definition) is 0. The molecular weight excluding hydrogens is 492 g/mol. The Morgan fingerprint density at radius 2 is 0.816 bits per heavy atom. The van der Waals surface area contributed by atoms with Gasteiger partial charge in [0.15, 0.2) is 0 Å². The summed E-state index contributed by atoms with van der Waals surface area (Å²) < 4.78 is 20.7. The number of rotatable bonds is 6. The SMILES string of the molecule is COC(=O)[C@H]1[C@@H](c2ccc(C)cc2)N2[C@@H](C(=O)OC)[C@@H](C(=O)OC)[C@@H](c3ccc(C)cc3)N2[C@H]1C(=O)OC. The van der Waals surface area contributed by atoms with Crippen LogP contribution in [0.3, 0.4) is 0 Å². The van der Waals surface area contributed by atoms with Gasteiger partial charge in [-0.1, -0.05) is 59.7 Å². The molecule has 0 aromatic heterocycles. The van der Waals surface area contributed by atoms with Crippen molar-refractivity contribution in [1.82, 2.24) is 10.0 Å². The van der Waals surface area contributed by atoms with Crippen LogP contribution in [0, 0.1) is 25.7 Å². The van der Waals surface area contributed by atoms with Crippen LogP contribution in [0.2, 0.25) is 0 Å². The van der Waals surface area contributed by atoms with Gasteiger partial charge in [0.1, 0.15) is 23.9 Å². The molecule has 10 heteroatoms. The second-order valence-electron chi connectivity index (χ2n) is 9.50. The summed E-state index contributed by atoms with van der Waals surface area (Å²) in [4.78, 5) is 53.5. The van der Waals surface area contributed by atoms with Crippen LogP contribution in [-0.2, 0) is 38.1 Å². The van der Waals surface area contributed by atoms with E-state index in [9.17, 15) is 19.2 Å². The predicted molar refractivity (Wildman–Crippen MR) is 134 cm³/mol. The zero-order chi connectivity index (χ0) is 27.7. The van der Waals surface area contributed by atoms with Crippen molar-refractivity contribution in [1.29, 1.82) is 0 Å². The fourth-order valence-electron chi connectivity index (χ4n) is 5.71. The van der Waals surface area contributed by atoms with Crippen LogP contribution in [0.4, 0.5) is 0 Å². The molecule has 0 N–H and O–H groups in total. The number of fused-ring (bicyclic) bond motifs is 1. The third kappa shape index (κ3) is 4.43. The van der Waals surface area contributed by atoms with Crippen molar-refractivity contribution in [2.75, 3.05) is 28.4 Å². The number of hydrogen-bond acceptors (Lipinski definition) is 10. The van der Waals surface area contributed by atoms with Gasteiger partial charge in [0.2, 0.25) is 0 Å². The first-order chi connectivity index (χ1) is 18.2. The van der Waals surface area contributed by atoms with Crippen LogP contribution in [-0.4, -0.2) is 74.4 Å². The molecule has 4 rings (SSSR count). The fourth-order valence-corrected chi connectivity index (χ4v) is 5.71. The molecule has 0 unspecified atom stereocenters. The highest BCUT2D eigenvalue weighted by Crippen LogP contribution is 2.55. The number of hydrazine groups is 1. The number of carbonyl (C=O) groups excluding carboxylic acids is 4. The Kier molecular flexibility index (Phi) is 7.84. The molecule has 0 radical (unpaired) electrons. The number of methoxy groups -OCH3 is 4. The van der Waals surface area contributed by atoms with Gasteiger partial charge in [-0.3, -0.25) is 19.2 Å². The Morgan fingerprint density at radius 1 is 0.526 bits per heavy atom. The lowest BCUT2D eigenvalue weighted by Crippen LogP contribution is -2.47. The summed E-state index contributed by atoms with van der Waals surface area (Å²) in [5.41, 5.74) is 3.28. The highest BCUT2D eigenvalue weighted by molar-refractivity contribution is 5.90. The minimum Gasteiger partial charge on any atom is -0.469 e. The van der Waals surface area contributed by atoms with Gasteiger partial charge in [0.05, 0.1) is 40.5 Å². The maximum atomic E-state index is 13.4. The topological polar surface area (TPSA) is 112 Å². The average molecular weight is 525 g/mol. The molecule has 0 bridgehead atoms. The first-order valence-corrected chi connectivity index (χ1v) is 12.2. The maximum Gasteiger partial charge on any atom is 0.325 e. The molecule has 2 aromatic rings. The number of aryl methyl sites for hydroxylation is 2. The van der Waals surface area contributed by atoms with Gasteiger partial charge in [0, 0.05) is 0 Å². The molecule has 202 valence electrons. The number of benzene rings is 2. The summed E-state index contributed by atoms with van der Waals surface area (Å²) in [5, 5.41) is 3.23. The standard InChI is InChI=1S/C28H32N2O8/c1-15-7-11-17(12-8-15)21-19(25(31)35-3)23(27(33)37-5)30-22(18-13-9-16(2)10-14-18)20(26(32)36-4)24(29(21)30)28(34)38-6/h7-14,19-24H,1-6H3/t19-,20-,21+,22+,23+,24+/m0/s1. The summed E-state index contributed by atoms with van der Waals surface area (Å²) in [6.07, 6.45) is 0. The van der Waals surface area contributed by atoms with E-state index in [1.165, 1.54) is 28.4 Å². The van der Waals surface area contributed by atoms with Crippen LogP contribution >= 0.6 is 0 Å². The number of esters is 4. The van der Waals surface area contributed by atoms with E-state index in [2.05, 4.69) is 0 Å². The molecule has 0 spiro atoms. The molecule has 0 aliphatic carbocycles. The van der Waals surface area contributed by atoms with Gasteiger partial charge < -0.3 is 18.9 Å². The molecule has 2 aromatic carbocycles. The highest BCUT2D eigenvalue weighted by atomic mass is 16.5. The van der Waals surface area contributed by atoms with Gasteiger partial charge in [-0.15, -0.1) is 0 Å². The van der Waals surface area contributed by atoms with Crippen molar-refractivity contribution >= 4 is 23.9 Å².